The lowest BCUT2D eigenvalue weighted by Crippen LogP contribution is -2.35. The molecule has 1 aromatic rings. The minimum atomic E-state index is -3.41. The lowest BCUT2D eigenvalue weighted by molar-refractivity contribution is -0.119. The molecule has 1 N–H and O–H groups in total. The van der Waals surface area contributed by atoms with Gasteiger partial charge in [-0.05, 0) is 43.5 Å². The molecule has 0 aliphatic carbocycles. The molecule has 22 heavy (non-hydrogen) atoms. The number of hydrogen-bond acceptors (Lipinski definition) is 3. The van der Waals surface area contributed by atoms with Gasteiger partial charge in [0, 0.05) is 24.7 Å². The summed E-state index contributed by atoms with van der Waals surface area (Å²) in [6.07, 6.45) is 3.70. The lowest BCUT2D eigenvalue weighted by Gasteiger charge is -2.25. The number of piperidine rings is 1. The Hall–Kier alpha value is -1.40. The van der Waals surface area contributed by atoms with Gasteiger partial charge in [0.15, 0.2) is 0 Å². The summed E-state index contributed by atoms with van der Waals surface area (Å²) in [7, 11) is -3.41. The molecule has 1 amide bonds. The highest BCUT2D eigenvalue weighted by molar-refractivity contribution is 7.89. The summed E-state index contributed by atoms with van der Waals surface area (Å²) in [5.41, 5.74) is 0.628. The molecule has 0 aromatic heterocycles. The molecule has 1 saturated heterocycles. The molecule has 1 heterocycles. The predicted octanol–water partition coefficient (Wildman–Crippen LogP) is 2.85. The average Bonchev–Trinajstić information content (AvgIpc) is 2.55. The molecule has 1 aromatic carbocycles. The van der Waals surface area contributed by atoms with E-state index in [-0.39, 0.29) is 16.7 Å². The number of hydrogen-bond donors (Lipinski definition) is 1. The Balaban J connectivity index is 2.09. The lowest BCUT2D eigenvalue weighted by atomic mass is 10.1. The van der Waals surface area contributed by atoms with Crippen molar-refractivity contribution < 1.29 is 13.2 Å². The molecule has 5 nitrogen and oxygen atoms in total. The standard InChI is InChI=1S/C16H24N2O3S/c1-3-13(2)16(19)17-14-7-9-15(10-8-14)22(20,21)18-11-5-4-6-12-18/h7-10,13H,3-6,11-12H2,1-2H3,(H,17,19). The Kier molecular flexibility index (Phi) is 5.58. The van der Waals surface area contributed by atoms with Crippen LogP contribution in [-0.4, -0.2) is 31.7 Å². The Morgan fingerprint density at radius 2 is 1.77 bits per heavy atom. The van der Waals surface area contributed by atoms with Crippen LogP contribution in [0.25, 0.3) is 0 Å². The Labute approximate surface area is 132 Å². The fourth-order valence-electron chi connectivity index (χ4n) is 2.42. The first-order valence-electron chi connectivity index (χ1n) is 7.86. The number of amides is 1. The molecule has 6 heteroatoms. The van der Waals surface area contributed by atoms with Crippen LogP contribution in [0.1, 0.15) is 39.5 Å². The number of carbonyl (C=O) groups excluding carboxylic acids is 1. The molecule has 122 valence electrons. The van der Waals surface area contributed by atoms with E-state index >= 15 is 0 Å². The van der Waals surface area contributed by atoms with Crippen molar-refractivity contribution in [3.63, 3.8) is 0 Å². The second kappa shape index (κ2) is 7.24. The number of anilines is 1. The fraction of sp³-hybridized carbons (Fsp3) is 0.562. The van der Waals surface area contributed by atoms with Crippen molar-refractivity contribution >= 4 is 21.6 Å². The van der Waals surface area contributed by atoms with Gasteiger partial charge in [-0.3, -0.25) is 4.79 Å². The van der Waals surface area contributed by atoms with Gasteiger partial charge in [0.1, 0.15) is 0 Å². The average molecular weight is 324 g/mol. The zero-order valence-electron chi connectivity index (χ0n) is 13.2. The molecular formula is C16H24N2O3S. The topological polar surface area (TPSA) is 66.5 Å². The molecular weight excluding hydrogens is 300 g/mol. The second-order valence-corrected chi connectivity index (χ2v) is 7.73. The minimum Gasteiger partial charge on any atom is -0.326 e. The molecule has 2 rings (SSSR count). The van der Waals surface area contributed by atoms with Gasteiger partial charge in [-0.2, -0.15) is 4.31 Å². The van der Waals surface area contributed by atoms with Gasteiger partial charge in [0.2, 0.25) is 15.9 Å². The first kappa shape index (κ1) is 17.0. The molecule has 1 aliphatic rings. The summed E-state index contributed by atoms with van der Waals surface area (Å²) in [6.45, 7) is 5.01. The summed E-state index contributed by atoms with van der Waals surface area (Å²) >= 11 is 0. The monoisotopic (exact) mass is 324 g/mol. The van der Waals surface area contributed by atoms with Gasteiger partial charge in [0.25, 0.3) is 0 Å². The van der Waals surface area contributed by atoms with Gasteiger partial charge in [-0.1, -0.05) is 20.3 Å². The molecule has 0 saturated carbocycles. The Morgan fingerprint density at radius 1 is 1.18 bits per heavy atom. The van der Waals surface area contributed by atoms with E-state index in [0.717, 1.165) is 25.7 Å². The second-order valence-electron chi connectivity index (χ2n) is 5.79. The molecule has 0 radical (unpaired) electrons. The number of rotatable bonds is 5. The zero-order chi connectivity index (χ0) is 16.2. The number of nitrogens with zero attached hydrogens (tertiary/aromatic N) is 1. The van der Waals surface area contributed by atoms with Crippen molar-refractivity contribution in [2.45, 2.75) is 44.4 Å². The third kappa shape index (κ3) is 3.87. The highest BCUT2D eigenvalue weighted by atomic mass is 32.2. The SMILES string of the molecule is CCC(C)C(=O)Nc1ccc(S(=O)(=O)N2CCCCC2)cc1. The van der Waals surface area contributed by atoms with Gasteiger partial charge in [0.05, 0.1) is 4.90 Å². The van der Waals surface area contributed by atoms with E-state index in [0.29, 0.717) is 18.8 Å². The molecule has 1 aliphatic heterocycles. The van der Waals surface area contributed by atoms with Crippen LogP contribution in [-0.2, 0) is 14.8 Å². The van der Waals surface area contributed by atoms with Crippen LogP contribution in [0.3, 0.4) is 0 Å². The van der Waals surface area contributed by atoms with Crippen LogP contribution in [0.15, 0.2) is 29.2 Å². The normalized spacial score (nSPS) is 17.9. The van der Waals surface area contributed by atoms with Crippen molar-refractivity contribution in [1.82, 2.24) is 4.31 Å². The van der Waals surface area contributed by atoms with Crippen molar-refractivity contribution in [3.05, 3.63) is 24.3 Å². The largest absolute Gasteiger partial charge is 0.326 e. The van der Waals surface area contributed by atoms with E-state index in [2.05, 4.69) is 5.32 Å². The zero-order valence-corrected chi connectivity index (χ0v) is 14.0. The van der Waals surface area contributed by atoms with Crippen LogP contribution >= 0.6 is 0 Å². The van der Waals surface area contributed by atoms with Crippen LogP contribution in [0.5, 0.6) is 0 Å². The smallest absolute Gasteiger partial charge is 0.243 e. The highest BCUT2D eigenvalue weighted by Gasteiger charge is 2.25. The van der Waals surface area contributed by atoms with Crippen molar-refractivity contribution in [3.8, 4) is 0 Å². The third-order valence-electron chi connectivity index (χ3n) is 4.13. The molecule has 0 bridgehead atoms. The summed E-state index contributed by atoms with van der Waals surface area (Å²) in [5.74, 6) is -0.106. The summed E-state index contributed by atoms with van der Waals surface area (Å²) < 4.78 is 26.6. The van der Waals surface area contributed by atoms with Crippen molar-refractivity contribution in [2.24, 2.45) is 5.92 Å². The molecule has 1 fully saturated rings. The summed E-state index contributed by atoms with van der Waals surface area (Å²) in [4.78, 5) is 12.1. The maximum atomic E-state index is 12.5. The summed E-state index contributed by atoms with van der Waals surface area (Å²) in [6, 6.07) is 6.43. The maximum absolute atomic E-state index is 12.5. The first-order valence-corrected chi connectivity index (χ1v) is 9.30. The van der Waals surface area contributed by atoms with Crippen molar-refractivity contribution in [1.29, 1.82) is 0 Å². The van der Waals surface area contributed by atoms with Gasteiger partial charge in [-0.15, -0.1) is 0 Å². The highest BCUT2D eigenvalue weighted by Crippen LogP contribution is 2.22. The van der Waals surface area contributed by atoms with E-state index in [9.17, 15) is 13.2 Å². The third-order valence-corrected chi connectivity index (χ3v) is 6.05. The number of nitrogens with one attached hydrogen (secondary N) is 1. The van der Waals surface area contributed by atoms with Crippen LogP contribution < -0.4 is 5.32 Å². The van der Waals surface area contributed by atoms with Gasteiger partial charge >= 0.3 is 0 Å². The van der Waals surface area contributed by atoms with E-state index in [4.69, 9.17) is 0 Å². The van der Waals surface area contributed by atoms with Crippen molar-refractivity contribution in [2.75, 3.05) is 18.4 Å². The predicted molar refractivity (Wildman–Crippen MR) is 87.1 cm³/mol. The quantitative estimate of drug-likeness (QED) is 0.905. The Morgan fingerprint density at radius 3 is 2.32 bits per heavy atom. The van der Waals surface area contributed by atoms with Gasteiger partial charge in [-0.25, -0.2) is 8.42 Å². The molecule has 1 unspecified atom stereocenters. The number of sulfonamides is 1. The fourth-order valence-corrected chi connectivity index (χ4v) is 3.93. The Bertz CT molecular complexity index is 605. The van der Waals surface area contributed by atoms with Crippen LogP contribution in [0.2, 0.25) is 0 Å². The van der Waals surface area contributed by atoms with E-state index in [1.807, 2.05) is 13.8 Å². The minimum absolute atomic E-state index is 0.0471. The van der Waals surface area contributed by atoms with Gasteiger partial charge < -0.3 is 5.32 Å². The summed E-state index contributed by atoms with van der Waals surface area (Å²) in [5, 5.41) is 2.80. The number of benzene rings is 1. The van der Waals surface area contributed by atoms with E-state index in [1.165, 1.54) is 0 Å². The molecule has 0 spiro atoms. The first-order chi connectivity index (χ1) is 10.4. The van der Waals surface area contributed by atoms with E-state index < -0.39 is 10.0 Å². The van der Waals surface area contributed by atoms with Crippen LogP contribution in [0.4, 0.5) is 5.69 Å². The van der Waals surface area contributed by atoms with Crippen LogP contribution in [0, 0.1) is 5.92 Å². The molecule has 1 atom stereocenters. The maximum Gasteiger partial charge on any atom is 0.243 e. The number of carbonyl (C=O) groups is 1. The van der Waals surface area contributed by atoms with E-state index in [1.54, 1.807) is 28.6 Å².